The van der Waals surface area contributed by atoms with Crippen molar-refractivity contribution in [2.24, 2.45) is 0 Å². The van der Waals surface area contributed by atoms with Crippen LogP contribution < -0.4 is 0 Å². The van der Waals surface area contributed by atoms with Crippen molar-refractivity contribution in [2.45, 2.75) is 47.0 Å². The topological polar surface area (TPSA) is 40.5 Å². The largest absolute Gasteiger partial charge is 0.507 e. The molecule has 2 N–H and O–H groups in total. The Morgan fingerprint density at radius 2 is 1.43 bits per heavy atom. The molecular weight excluding hydrogens is 260 g/mol. The SMILES string of the molecule is Cc1cc(-c2ccc(C)c(O)c2C)c(O)c(C(C)(C)C)c1. The smallest absolute Gasteiger partial charge is 0.127 e. The summed E-state index contributed by atoms with van der Waals surface area (Å²) < 4.78 is 0. The van der Waals surface area contributed by atoms with Gasteiger partial charge in [-0.25, -0.2) is 0 Å². The molecule has 2 nitrogen and oxygen atoms in total. The Labute approximate surface area is 127 Å². The fraction of sp³-hybridized carbons (Fsp3) is 0.368. The predicted octanol–water partition coefficient (Wildman–Crippen LogP) is 4.99. The highest BCUT2D eigenvalue weighted by Gasteiger charge is 2.22. The van der Waals surface area contributed by atoms with E-state index in [0.717, 1.165) is 33.4 Å². The molecule has 0 aliphatic carbocycles. The molecule has 2 aromatic rings. The highest BCUT2D eigenvalue weighted by atomic mass is 16.3. The number of phenolic OH excluding ortho intramolecular Hbond substituents is 2. The second kappa shape index (κ2) is 5.10. The molecule has 0 aromatic heterocycles. The van der Waals surface area contributed by atoms with E-state index < -0.39 is 0 Å². The maximum atomic E-state index is 10.7. The predicted molar refractivity (Wildman–Crippen MR) is 88.1 cm³/mol. The van der Waals surface area contributed by atoms with Crippen molar-refractivity contribution in [2.75, 3.05) is 0 Å². The van der Waals surface area contributed by atoms with E-state index in [-0.39, 0.29) is 5.41 Å². The first-order valence-corrected chi connectivity index (χ1v) is 7.26. The van der Waals surface area contributed by atoms with Crippen molar-refractivity contribution in [3.8, 4) is 22.6 Å². The number of hydrogen-bond acceptors (Lipinski definition) is 2. The fourth-order valence-electron chi connectivity index (χ4n) is 2.68. The van der Waals surface area contributed by atoms with Gasteiger partial charge in [-0.1, -0.05) is 39.0 Å². The first kappa shape index (κ1) is 15.4. The zero-order valence-electron chi connectivity index (χ0n) is 13.7. The van der Waals surface area contributed by atoms with Gasteiger partial charge in [-0.15, -0.1) is 0 Å². The van der Waals surface area contributed by atoms with E-state index in [1.54, 1.807) is 0 Å². The summed E-state index contributed by atoms with van der Waals surface area (Å²) in [6, 6.07) is 7.85. The third kappa shape index (κ3) is 2.76. The van der Waals surface area contributed by atoms with Crippen LogP contribution in [0.15, 0.2) is 24.3 Å². The highest BCUT2D eigenvalue weighted by Crippen LogP contribution is 2.42. The van der Waals surface area contributed by atoms with E-state index in [4.69, 9.17) is 0 Å². The van der Waals surface area contributed by atoms with Gasteiger partial charge in [0.25, 0.3) is 0 Å². The summed E-state index contributed by atoms with van der Waals surface area (Å²) in [6.07, 6.45) is 0. The molecule has 0 fully saturated rings. The van der Waals surface area contributed by atoms with Crippen LogP contribution in [0.3, 0.4) is 0 Å². The molecule has 0 bridgehead atoms. The zero-order chi connectivity index (χ0) is 15.9. The van der Waals surface area contributed by atoms with Gasteiger partial charge in [-0.05, 0) is 54.5 Å². The molecule has 0 saturated carbocycles. The van der Waals surface area contributed by atoms with Gasteiger partial charge >= 0.3 is 0 Å². The first-order valence-electron chi connectivity index (χ1n) is 7.26. The molecule has 0 spiro atoms. The van der Waals surface area contributed by atoms with Crippen LogP contribution in [0.2, 0.25) is 0 Å². The summed E-state index contributed by atoms with van der Waals surface area (Å²) in [4.78, 5) is 0. The van der Waals surface area contributed by atoms with Crippen LogP contribution in [-0.4, -0.2) is 10.2 Å². The molecule has 0 amide bonds. The van der Waals surface area contributed by atoms with Crippen LogP contribution in [0, 0.1) is 20.8 Å². The summed E-state index contributed by atoms with van der Waals surface area (Å²) in [7, 11) is 0. The van der Waals surface area contributed by atoms with Gasteiger partial charge in [0.1, 0.15) is 11.5 Å². The lowest BCUT2D eigenvalue weighted by Crippen LogP contribution is -2.12. The van der Waals surface area contributed by atoms with Crippen molar-refractivity contribution in [1.82, 2.24) is 0 Å². The van der Waals surface area contributed by atoms with Gasteiger partial charge < -0.3 is 10.2 Å². The van der Waals surface area contributed by atoms with Crippen molar-refractivity contribution >= 4 is 0 Å². The highest BCUT2D eigenvalue weighted by molar-refractivity contribution is 5.77. The minimum atomic E-state index is -0.133. The number of aryl methyl sites for hydroxylation is 2. The molecule has 0 atom stereocenters. The Bertz CT molecular complexity index is 692. The van der Waals surface area contributed by atoms with Crippen LogP contribution in [0.5, 0.6) is 11.5 Å². The van der Waals surface area contributed by atoms with Crippen LogP contribution >= 0.6 is 0 Å². The molecule has 2 heteroatoms. The van der Waals surface area contributed by atoms with Crippen LogP contribution in [0.4, 0.5) is 0 Å². The number of hydrogen-bond donors (Lipinski definition) is 2. The van der Waals surface area contributed by atoms with Crippen LogP contribution in [0.25, 0.3) is 11.1 Å². The molecule has 21 heavy (non-hydrogen) atoms. The van der Waals surface area contributed by atoms with Crippen molar-refractivity contribution in [3.63, 3.8) is 0 Å². The average Bonchev–Trinajstić information content (AvgIpc) is 2.38. The molecule has 2 rings (SSSR count). The fourth-order valence-corrected chi connectivity index (χ4v) is 2.68. The summed E-state index contributed by atoms with van der Waals surface area (Å²) in [5.74, 6) is 0.602. The lowest BCUT2D eigenvalue weighted by Gasteiger charge is -2.23. The second-order valence-electron chi connectivity index (χ2n) is 6.86. The average molecular weight is 284 g/mol. The quantitative estimate of drug-likeness (QED) is 0.774. The Morgan fingerprint density at radius 1 is 0.810 bits per heavy atom. The molecule has 0 saturated heterocycles. The Kier molecular flexibility index (Phi) is 3.75. The van der Waals surface area contributed by atoms with Gasteiger partial charge in [0.2, 0.25) is 0 Å². The standard InChI is InChI=1S/C19H24O2/c1-11-9-15(18(21)16(10-11)19(4,5)6)14-8-7-12(2)17(20)13(14)3/h7-10,20-21H,1-6H3. The van der Waals surface area contributed by atoms with Gasteiger partial charge in [0.05, 0.1) is 0 Å². The Hall–Kier alpha value is -1.96. The van der Waals surface area contributed by atoms with E-state index in [9.17, 15) is 10.2 Å². The molecule has 0 aliphatic rings. The molecular formula is C19H24O2. The maximum Gasteiger partial charge on any atom is 0.127 e. The molecule has 112 valence electrons. The van der Waals surface area contributed by atoms with E-state index in [1.165, 1.54) is 0 Å². The number of rotatable bonds is 1. The zero-order valence-corrected chi connectivity index (χ0v) is 13.7. The number of phenols is 2. The lowest BCUT2D eigenvalue weighted by atomic mass is 9.82. The van der Waals surface area contributed by atoms with Crippen molar-refractivity contribution in [3.05, 3.63) is 46.5 Å². The molecule has 0 heterocycles. The summed E-state index contributed by atoms with van der Waals surface area (Å²) in [5.41, 5.74) is 5.21. The second-order valence-corrected chi connectivity index (χ2v) is 6.86. The first-order chi connectivity index (χ1) is 9.62. The minimum Gasteiger partial charge on any atom is -0.507 e. The summed E-state index contributed by atoms with van der Waals surface area (Å²) in [6.45, 7) is 12.1. The molecule has 2 aromatic carbocycles. The number of aromatic hydroxyl groups is 2. The van der Waals surface area contributed by atoms with E-state index in [0.29, 0.717) is 11.5 Å². The van der Waals surface area contributed by atoms with Gasteiger partial charge in [0, 0.05) is 11.1 Å². The normalized spacial score (nSPS) is 11.7. The van der Waals surface area contributed by atoms with Gasteiger partial charge in [-0.3, -0.25) is 0 Å². The number of benzene rings is 2. The summed E-state index contributed by atoms with van der Waals surface area (Å²) >= 11 is 0. The third-order valence-corrected chi connectivity index (χ3v) is 3.99. The monoisotopic (exact) mass is 284 g/mol. The Morgan fingerprint density at radius 3 is 2.00 bits per heavy atom. The molecule has 0 aliphatic heterocycles. The van der Waals surface area contributed by atoms with Crippen LogP contribution in [-0.2, 0) is 5.41 Å². The maximum absolute atomic E-state index is 10.7. The Balaban J connectivity index is 2.77. The van der Waals surface area contributed by atoms with Gasteiger partial charge in [0.15, 0.2) is 0 Å². The molecule has 0 unspecified atom stereocenters. The summed E-state index contributed by atoms with van der Waals surface area (Å²) in [5, 5.41) is 20.9. The molecule has 0 radical (unpaired) electrons. The lowest BCUT2D eigenvalue weighted by molar-refractivity contribution is 0.448. The minimum absolute atomic E-state index is 0.133. The van der Waals surface area contributed by atoms with E-state index in [1.807, 2.05) is 45.0 Å². The van der Waals surface area contributed by atoms with Crippen molar-refractivity contribution < 1.29 is 10.2 Å². The van der Waals surface area contributed by atoms with E-state index >= 15 is 0 Å². The third-order valence-electron chi connectivity index (χ3n) is 3.99. The van der Waals surface area contributed by atoms with Crippen LogP contribution in [0.1, 0.15) is 43.0 Å². The van der Waals surface area contributed by atoms with Crippen molar-refractivity contribution in [1.29, 1.82) is 0 Å². The van der Waals surface area contributed by atoms with E-state index in [2.05, 4.69) is 20.8 Å². The van der Waals surface area contributed by atoms with Gasteiger partial charge in [-0.2, -0.15) is 0 Å².